The van der Waals surface area contributed by atoms with Crippen molar-refractivity contribution in [1.82, 2.24) is 30.0 Å². The van der Waals surface area contributed by atoms with Crippen molar-refractivity contribution in [2.45, 2.75) is 38.6 Å². The number of nitrogen functional groups attached to an aromatic ring is 1. The molecule has 1 aliphatic carbocycles. The van der Waals surface area contributed by atoms with Crippen LogP contribution in [0.1, 0.15) is 37.3 Å². The quantitative estimate of drug-likeness (QED) is 0.356. The Hall–Kier alpha value is -3.85. The maximum Gasteiger partial charge on any atom is 0.222 e. The maximum atomic E-state index is 12.1. The number of anilines is 1. The van der Waals surface area contributed by atoms with Crippen LogP contribution in [0.2, 0.25) is 0 Å². The summed E-state index contributed by atoms with van der Waals surface area (Å²) in [6.07, 6.45) is 4.87. The van der Waals surface area contributed by atoms with Gasteiger partial charge >= 0.3 is 0 Å². The summed E-state index contributed by atoms with van der Waals surface area (Å²) in [7, 11) is 1.70. The molecule has 1 aliphatic rings. The summed E-state index contributed by atoms with van der Waals surface area (Å²) in [5.41, 5.74) is 11.9. The van der Waals surface area contributed by atoms with E-state index in [1.165, 1.54) is 11.9 Å². The van der Waals surface area contributed by atoms with Gasteiger partial charge in [-0.3, -0.25) is 4.79 Å². The van der Waals surface area contributed by atoms with Crippen LogP contribution in [-0.4, -0.2) is 37.7 Å². The Balaban J connectivity index is 1.44. The second-order valence-corrected chi connectivity index (χ2v) is 10.4. The van der Waals surface area contributed by atoms with E-state index in [0.29, 0.717) is 5.82 Å². The summed E-state index contributed by atoms with van der Waals surface area (Å²) in [6.45, 7) is 2.12. The van der Waals surface area contributed by atoms with Crippen molar-refractivity contribution in [2.75, 3.05) is 12.8 Å². The van der Waals surface area contributed by atoms with E-state index in [-0.39, 0.29) is 17.9 Å². The summed E-state index contributed by atoms with van der Waals surface area (Å²) >= 11 is 1.68. The van der Waals surface area contributed by atoms with Crippen molar-refractivity contribution in [2.24, 2.45) is 5.92 Å². The second kappa shape index (κ2) is 8.98. The van der Waals surface area contributed by atoms with Crippen LogP contribution in [0.5, 0.6) is 0 Å². The molecule has 1 fully saturated rings. The zero-order valence-corrected chi connectivity index (χ0v) is 21.0. The van der Waals surface area contributed by atoms with Crippen LogP contribution in [-0.2, 0) is 4.79 Å². The lowest BCUT2D eigenvalue weighted by atomic mass is 9.85. The molecule has 1 amide bonds. The van der Waals surface area contributed by atoms with Crippen molar-refractivity contribution in [3.8, 4) is 21.8 Å². The van der Waals surface area contributed by atoms with E-state index in [1.807, 2.05) is 10.7 Å². The molecule has 9 heteroatoms. The van der Waals surface area contributed by atoms with E-state index in [4.69, 9.17) is 15.8 Å². The first-order valence-electron chi connectivity index (χ1n) is 12.2. The summed E-state index contributed by atoms with van der Waals surface area (Å²) < 4.78 is 1.99. The number of nitrogens with zero attached hydrogens (tertiary/aromatic N) is 5. The van der Waals surface area contributed by atoms with E-state index in [1.54, 1.807) is 18.4 Å². The molecule has 0 unspecified atom stereocenters. The molecule has 182 valence electrons. The number of nitrogens with two attached hydrogens (primary N) is 1. The second-order valence-electron chi connectivity index (χ2n) is 9.40. The molecule has 4 heterocycles. The standard InChI is InChI=1S/C27H27N7OS/c1-15-12-21(22-4-3-11-36-22)32-20-13-17(7-10-19(15)20)24-23-25(28)30-14-31-26(23)34(33-24)18-8-5-16(6-9-18)27(35)29-2/h3-4,7,10-14,16,18H,5-6,8-9H2,1-2H3,(H,29,35)(H2,28,30,31). The highest BCUT2D eigenvalue weighted by Gasteiger charge is 2.29. The van der Waals surface area contributed by atoms with Crippen LogP contribution in [0.25, 0.3) is 43.8 Å². The number of fused-ring (bicyclic) bond motifs is 2. The summed E-state index contributed by atoms with van der Waals surface area (Å²) in [4.78, 5) is 27.1. The molecule has 4 aromatic heterocycles. The van der Waals surface area contributed by atoms with E-state index in [9.17, 15) is 4.79 Å². The lowest BCUT2D eigenvalue weighted by molar-refractivity contribution is -0.125. The van der Waals surface area contributed by atoms with Gasteiger partial charge in [0.25, 0.3) is 0 Å². The first-order valence-corrected chi connectivity index (χ1v) is 13.1. The molecule has 0 spiro atoms. The number of carbonyl (C=O) groups is 1. The average molecular weight is 498 g/mol. The van der Waals surface area contributed by atoms with Gasteiger partial charge in [-0.15, -0.1) is 11.3 Å². The van der Waals surface area contributed by atoms with Gasteiger partial charge in [0.15, 0.2) is 5.65 Å². The number of amides is 1. The van der Waals surface area contributed by atoms with Gasteiger partial charge in [0.1, 0.15) is 17.8 Å². The van der Waals surface area contributed by atoms with Gasteiger partial charge < -0.3 is 11.1 Å². The molecule has 6 rings (SSSR count). The molecule has 8 nitrogen and oxygen atoms in total. The average Bonchev–Trinajstić information content (AvgIpc) is 3.57. The molecule has 36 heavy (non-hydrogen) atoms. The van der Waals surface area contributed by atoms with Crippen LogP contribution in [0.15, 0.2) is 48.1 Å². The topological polar surface area (TPSA) is 112 Å². The van der Waals surface area contributed by atoms with Crippen molar-refractivity contribution >= 4 is 45.0 Å². The lowest BCUT2D eigenvalue weighted by Crippen LogP contribution is -2.31. The van der Waals surface area contributed by atoms with Crippen LogP contribution in [0.3, 0.4) is 0 Å². The molecular formula is C27H27N7OS. The molecule has 1 saturated carbocycles. The highest BCUT2D eigenvalue weighted by atomic mass is 32.1. The van der Waals surface area contributed by atoms with E-state index in [0.717, 1.165) is 69.4 Å². The predicted molar refractivity (Wildman–Crippen MR) is 144 cm³/mol. The lowest BCUT2D eigenvalue weighted by Gasteiger charge is -2.27. The molecule has 0 atom stereocenters. The van der Waals surface area contributed by atoms with Crippen molar-refractivity contribution < 1.29 is 4.79 Å². The van der Waals surface area contributed by atoms with Gasteiger partial charge in [-0.2, -0.15) is 5.10 Å². The normalized spacial score (nSPS) is 18.1. The van der Waals surface area contributed by atoms with E-state index < -0.39 is 0 Å². The molecule has 0 bridgehead atoms. The van der Waals surface area contributed by atoms with Crippen LogP contribution in [0.4, 0.5) is 5.82 Å². The predicted octanol–water partition coefficient (Wildman–Crippen LogP) is 5.14. The first-order chi connectivity index (χ1) is 17.5. The Morgan fingerprint density at radius 2 is 1.97 bits per heavy atom. The van der Waals surface area contributed by atoms with Crippen molar-refractivity contribution in [3.63, 3.8) is 0 Å². The Morgan fingerprint density at radius 3 is 2.72 bits per heavy atom. The third-order valence-electron chi connectivity index (χ3n) is 7.24. The molecule has 5 aromatic rings. The number of aryl methyl sites for hydroxylation is 1. The fourth-order valence-corrected chi connectivity index (χ4v) is 6.03. The van der Waals surface area contributed by atoms with Crippen LogP contribution >= 0.6 is 11.3 Å². The Labute approximate surface area is 212 Å². The van der Waals surface area contributed by atoms with Gasteiger partial charge in [0, 0.05) is 23.9 Å². The van der Waals surface area contributed by atoms with Crippen molar-refractivity contribution in [3.05, 3.63) is 53.7 Å². The first kappa shape index (κ1) is 22.6. The summed E-state index contributed by atoms with van der Waals surface area (Å²) in [5, 5.41) is 11.8. The number of hydrogen-bond donors (Lipinski definition) is 2. The molecule has 3 N–H and O–H groups in total. The number of aromatic nitrogens is 5. The molecular weight excluding hydrogens is 470 g/mol. The highest BCUT2D eigenvalue weighted by Crippen LogP contribution is 2.38. The minimum atomic E-state index is 0.0552. The van der Waals surface area contributed by atoms with Gasteiger partial charge in [-0.1, -0.05) is 18.2 Å². The van der Waals surface area contributed by atoms with Gasteiger partial charge in [0.2, 0.25) is 5.91 Å². The molecule has 1 aromatic carbocycles. The van der Waals surface area contributed by atoms with Crippen LogP contribution in [0, 0.1) is 12.8 Å². The SMILES string of the molecule is CNC(=O)C1CCC(n2nc(-c3ccc4c(C)cc(-c5cccs5)nc4c3)c3c(N)ncnc32)CC1. The number of pyridine rings is 1. The number of hydrogen-bond acceptors (Lipinski definition) is 7. The minimum Gasteiger partial charge on any atom is -0.383 e. The van der Waals surface area contributed by atoms with E-state index >= 15 is 0 Å². The van der Waals surface area contributed by atoms with Gasteiger partial charge in [0.05, 0.1) is 27.5 Å². The fourth-order valence-electron chi connectivity index (χ4n) is 5.34. The third-order valence-corrected chi connectivity index (χ3v) is 8.13. The number of benzene rings is 1. The zero-order chi connectivity index (χ0) is 24.8. The Kier molecular flexibility index (Phi) is 5.64. The van der Waals surface area contributed by atoms with E-state index in [2.05, 4.69) is 57.9 Å². The highest BCUT2D eigenvalue weighted by molar-refractivity contribution is 7.13. The monoisotopic (exact) mass is 497 g/mol. The number of thiophene rings is 1. The molecule has 0 aliphatic heterocycles. The fraction of sp³-hybridized carbons (Fsp3) is 0.296. The zero-order valence-electron chi connectivity index (χ0n) is 20.2. The smallest absolute Gasteiger partial charge is 0.222 e. The Bertz CT molecular complexity index is 1580. The van der Waals surface area contributed by atoms with Gasteiger partial charge in [-0.25, -0.2) is 19.6 Å². The van der Waals surface area contributed by atoms with Crippen LogP contribution < -0.4 is 11.1 Å². The number of carbonyl (C=O) groups excluding carboxylic acids is 1. The Morgan fingerprint density at radius 1 is 1.14 bits per heavy atom. The summed E-state index contributed by atoms with van der Waals surface area (Å²) in [5.74, 6) is 0.586. The van der Waals surface area contributed by atoms with Gasteiger partial charge in [-0.05, 0) is 61.7 Å². The third kappa shape index (κ3) is 3.80. The minimum absolute atomic E-state index is 0.0552. The van der Waals surface area contributed by atoms with Crippen molar-refractivity contribution in [1.29, 1.82) is 0 Å². The number of rotatable bonds is 4. The maximum absolute atomic E-state index is 12.1. The largest absolute Gasteiger partial charge is 0.383 e. The molecule has 0 saturated heterocycles. The summed E-state index contributed by atoms with van der Waals surface area (Å²) in [6, 6.07) is 12.7. The molecule has 0 radical (unpaired) electrons. The number of nitrogens with one attached hydrogen (secondary N) is 1.